The second kappa shape index (κ2) is 7.00. The van der Waals surface area contributed by atoms with Crippen LogP contribution in [0, 0.1) is 17.8 Å². The van der Waals surface area contributed by atoms with Gasteiger partial charge >= 0.3 is 0 Å². The Balaban J connectivity index is 1.35. The first-order valence-corrected chi connectivity index (χ1v) is 9.05. The highest BCUT2D eigenvalue weighted by atomic mass is 16.5. The van der Waals surface area contributed by atoms with E-state index in [1.165, 1.54) is 17.2 Å². The normalized spacial score (nSPS) is 27.7. The second-order valence-corrected chi connectivity index (χ2v) is 7.13. The van der Waals surface area contributed by atoms with Gasteiger partial charge in [0.15, 0.2) is 0 Å². The predicted molar refractivity (Wildman–Crippen MR) is 93.4 cm³/mol. The van der Waals surface area contributed by atoms with Crippen molar-refractivity contribution in [2.24, 2.45) is 17.8 Å². The highest BCUT2D eigenvalue weighted by Gasteiger charge is 2.35. The van der Waals surface area contributed by atoms with E-state index in [1.807, 2.05) is 0 Å². The van der Waals surface area contributed by atoms with E-state index in [0.29, 0.717) is 43.3 Å². The molecule has 0 aromatic carbocycles. The number of carbonyl (C=O) groups excluding carboxylic acids is 1. The molecule has 0 spiro atoms. The number of anilines is 1. The first kappa shape index (κ1) is 16.3. The minimum atomic E-state index is -0.255. The van der Waals surface area contributed by atoms with Crippen molar-refractivity contribution >= 4 is 11.7 Å². The molecule has 1 aromatic heterocycles. The number of fused-ring (bicyclic) bond motifs is 2. The van der Waals surface area contributed by atoms with E-state index in [1.54, 1.807) is 6.07 Å². The van der Waals surface area contributed by atoms with Gasteiger partial charge in [0.2, 0.25) is 5.91 Å². The van der Waals surface area contributed by atoms with Gasteiger partial charge in [0.05, 0.1) is 13.2 Å². The molecule has 1 amide bonds. The quantitative estimate of drug-likeness (QED) is 0.783. The van der Waals surface area contributed by atoms with Crippen LogP contribution in [0.3, 0.4) is 0 Å². The first-order chi connectivity index (χ1) is 12.2. The standard InChI is InChI=1S/C18H24N4O3/c23-17(19-11-15-10-13-1-2-14(15)9-13)12-22-18(24)4-3-16(20-22)21-5-7-25-8-6-21/h1-4,13-15H,5-12H2,(H,19,23)/t13-,14-,15+/m1/s1. The fourth-order valence-electron chi connectivity index (χ4n) is 4.08. The van der Waals surface area contributed by atoms with E-state index in [-0.39, 0.29) is 18.0 Å². The third kappa shape index (κ3) is 3.61. The van der Waals surface area contributed by atoms with Crippen LogP contribution < -0.4 is 15.8 Å². The summed E-state index contributed by atoms with van der Waals surface area (Å²) in [6, 6.07) is 3.19. The molecular weight excluding hydrogens is 320 g/mol. The monoisotopic (exact) mass is 344 g/mol. The third-order valence-electron chi connectivity index (χ3n) is 5.46. The molecule has 7 heteroatoms. The Hall–Kier alpha value is -2.15. The summed E-state index contributed by atoms with van der Waals surface area (Å²) in [6.45, 7) is 3.44. The van der Waals surface area contributed by atoms with Gasteiger partial charge in [0.1, 0.15) is 12.4 Å². The van der Waals surface area contributed by atoms with Crippen LogP contribution in [0.2, 0.25) is 0 Å². The number of aromatic nitrogens is 2. The molecule has 25 heavy (non-hydrogen) atoms. The Labute approximate surface area is 146 Å². The molecule has 4 rings (SSSR count). The molecule has 0 radical (unpaired) electrons. The van der Waals surface area contributed by atoms with E-state index in [2.05, 4.69) is 27.5 Å². The van der Waals surface area contributed by atoms with Gasteiger partial charge in [-0.1, -0.05) is 12.2 Å². The largest absolute Gasteiger partial charge is 0.378 e. The van der Waals surface area contributed by atoms with Gasteiger partial charge in [0.25, 0.3) is 5.56 Å². The van der Waals surface area contributed by atoms with Crippen molar-refractivity contribution in [1.82, 2.24) is 15.1 Å². The summed E-state index contributed by atoms with van der Waals surface area (Å²) < 4.78 is 6.59. The Bertz CT molecular complexity index is 723. The fourth-order valence-corrected chi connectivity index (χ4v) is 4.08. The number of morpholine rings is 1. The summed E-state index contributed by atoms with van der Waals surface area (Å²) in [5, 5.41) is 7.33. The summed E-state index contributed by atoms with van der Waals surface area (Å²) in [4.78, 5) is 26.3. The predicted octanol–water partition coefficient (Wildman–Crippen LogP) is 0.408. The Morgan fingerprint density at radius 2 is 2.08 bits per heavy atom. The highest BCUT2D eigenvalue weighted by Crippen LogP contribution is 2.42. The molecule has 3 aliphatic rings. The SMILES string of the molecule is O=C(Cn1nc(N2CCOCC2)ccc1=O)NC[C@@H]1C[C@@H]2C=C[C@@H]1C2. The molecule has 1 aromatic rings. The van der Waals surface area contributed by atoms with Gasteiger partial charge in [-0.05, 0) is 36.7 Å². The van der Waals surface area contributed by atoms with Crippen LogP contribution in [-0.2, 0) is 16.1 Å². The number of allylic oxidation sites excluding steroid dienone is 2. The maximum atomic E-state index is 12.3. The molecule has 1 saturated carbocycles. The third-order valence-corrected chi connectivity index (χ3v) is 5.46. The summed E-state index contributed by atoms with van der Waals surface area (Å²) >= 11 is 0. The average molecular weight is 344 g/mol. The van der Waals surface area contributed by atoms with Gasteiger partial charge in [-0.3, -0.25) is 9.59 Å². The molecule has 1 aliphatic heterocycles. The number of amides is 1. The molecule has 1 saturated heterocycles. The van der Waals surface area contributed by atoms with Crippen molar-refractivity contribution < 1.29 is 9.53 Å². The maximum Gasteiger partial charge on any atom is 0.267 e. The topological polar surface area (TPSA) is 76.5 Å². The second-order valence-electron chi connectivity index (χ2n) is 7.13. The molecule has 1 N–H and O–H groups in total. The van der Waals surface area contributed by atoms with Gasteiger partial charge < -0.3 is 15.0 Å². The summed E-state index contributed by atoms with van der Waals surface area (Å²) in [7, 11) is 0. The van der Waals surface area contributed by atoms with Gasteiger partial charge in [-0.25, -0.2) is 4.68 Å². The summed E-state index contributed by atoms with van der Waals surface area (Å²) in [5.41, 5.74) is -0.255. The number of ether oxygens (including phenoxy) is 1. The minimum Gasteiger partial charge on any atom is -0.378 e. The molecule has 2 fully saturated rings. The molecule has 3 atom stereocenters. The number of rotatable bonds is 5. The zero-order chi connectivity index (χ0) is 17.2. The Kier molecular flexibility index (Phi) is 4.57. The Morgan fingerprint density at radius 1 is 1.24 bits per heavy atom. The van der Waals surface area contributed by atoms with Crippen molar-refractivity contribution in [2.45, 2.75) is 19.4 Å². The molecule has 0 unspecified atom stereocenters. The van der Waals surface area contributed by atoms with Crippen LogP contribution in [-0.4, -0.2) is 48.5 Å². The van der Waals surface area contributed by atoms with E-state index in [0.717, 1.165) is 19.5 Å². The number of nitrogens with one attached hydrogen (secondary N) is 1. The molecule has 134 valence electrons. The van der Waals surface area contributed by atoms with E-state index in [9.17, 15) is 9.59 Å². The molecule has 2 aliphatic carbocycles. The van der Waals surface area contributed by atoms with Crippen LogP contribution >= 0.6 is 0 Å². The smallest absolute Gasteiger partial charge is 0.267 e. The van der Waals surface area contributed by atoms with E-state index < -0.39 is 0 Å². The zero-order valence-electron chi connectivity index (χ0n) is 14.3. The maximum absolute atomic E-state index is 12.3. The molecular formula is C18H24N4O3. The lowest BCUT2D eigenvalue weighted by Crippen LogP contribution is -2.40. The lowest BCUT2D eigenvalue weighted by molar-refractivity contribution is -0.122. The molecule has 2 heterocycles. The van der Waals surface area contributed by atoms with Crippen molar-refractivity contribution in [1.29, 1.82) is 0 Å². The zero-order valence-corrected chi connectivity index (χ0v) is 14.3. The molecule has 7 nitrogen and oxygen atoms in total. The van der Waals surface area contributed by atoms with E-state index >= 15 is 0 Å². The highest BCUT2D eigenvalue weighted by molar-refractivity contribution is 5.75. The lowest BCUT2D eigenvalue weighted by atomic mass is 9.94. The summed E-state index contributed by atoms with van der Waals surface area (Å²) in [5.74, 6) is 2.40. The lowest BCUT2D eigenvalue weighted by Gasteiger charge is -2.27. The fraction of sp³-hybridized carbons (Fsp3) is 0.611. The summed E-state index contributed by atoms with van der Waals surface area (Å²) in [6.07, 6.45) is 6.96. The average Bonchev–Trinajstić information content (AvgIpc) is 3.26. The first-order valence-electron chi connectivity index (χ1n) is 9.05. The minimum absolute atomic E-state index is 0.0341. The Morgan fingerprint density at radius 3 is 2.80 bits per heavy atom. The molecule has 2 bridgehead atoms. The van der Waals surface area contributed by atoms with Crippen molar-refractivity contribution in [2.75, 3.05) is 37.7 Å². The number of nitrogens with zero attached hydrogens (tertiary/aromatic N) is 3. The van der Waals surface area contributed by atoms with Crippen LogP contribution in [0.25, 0.3) is 0 Å². The van der Waals surface area contributed by atoms with Gasteiger partial charge in [-0.2, -0.15) is 5.10 Å². The number of carbonyl (C=O) groups is 1. The van der Waals surface area contributed by atoms with Gasteiger partial charge in [-0.15, -0.1) is 0 Å². The number of hydrogen-bond donors (Lipinski definition) is 1. The van der Waals surface area contributed by atoms with Crippen LogP contribution in [0.1, 0.15) is 12.8 Å². The van der Waals surface area contributed by atoms with Crippen LogP contribution in [0.5, 0.6) is 0 Å². The van der Waals surface area contributed by atoms with Crippen molar-refractivity contribution in [3.05, 3.63) is 34.6 Å². The van der Waals surface area contributed by atoms with E-state index in [4.69, 9.17) is 4.74 Å². The number of hydrogen-bond acceptors (Lipinski definition) is 5. The van der Waals surface area contributed by atoms with Crippen molar-refractivity contribution in [3.63, 3.8) is 0 Å². The van der Waals surface area contributed by atoms with Crippen LogP contribution in [0.4, 0.5) is 5.82 Å². The van der Waals surface area contributed by atoms with Crippen molar-refractivity contribution in [3.8, 4) is 0 Å². The van der Waals surface area contributed by atoms with Gasteiger partial charge in [0, 0.05) is 25.7 Å². The van der Waals surface area contributed by atoms with Crippen LogP contribution in [0.15, 0.2) is 29.1 Å².